The Balaban J connectivity index is 1.87. The van der Waals surface area contributed by atoms with Crippen LogP contribution in [-0.2, 0) is 4.79 Å². The highest BCUT2D eigenvalue weighted by Crippen LogP contribution is 2.30. The van der Waals surface area contributed by atoms with Crippen LogP contribution in [0.5, 0.6) is 0 Å². The third-order valence-corrected chi connectivity index (χ3v) is 6.17. The number of nitrogens with zero attached hydrogens (tertiary/aromatic N) is 4. The fourth-order valence-electron chi connectivity index (χ4n) is 2.71. The summed E-state index contributed by atoms with van der Waals surface area (Å²) in [5.74, 6) is 0.257. The van der Waals surface area contributed by atoms with Gasteiger partial charge in [0.05, 0.1) is 11.3 Å². The van der Waals surface area contributed by atoms with Gasteiger partial charge in [0, 0.05) is 15.8 Å². The van der Waals surface area contributed by atoms with Gasteiger partial charge in [0.2, 0.25) is 5.91 Å². The predicted molar refractivity (Wildman–Crippen MR) is 122 cm³/mol. The van der Waals surface area contributed by atoms with Gasteiger partial charge in [0.25, 0.3) is 0 Å². The normalized spacial score (nSPS) is 13.3. The molecule has 3 rings (SSSR count). The molecule has 1 heterocycles. The highest BCUT2D eigenvalue weighted by Gasteiger charge is 2.24. The number of halogens is 2. The lowest BCUT2D eigenvalue weighted by Gasteiger charge is -2.21. The molecule has 0 fully saturated rings. The van der Waals surface area contributed by atoms with E-state index in [9.17, 15) is 9.18 Å². The Morgan fingerprint density at radius 1 is 1.17 bits per heavy atom. The van der Waals surface area contributed by atoms with Crippen LogP contribution in [0, 0.1) is 5.82 Å². The lowest BCUT2D eigenvalue weighted by atomic mass is 10.2. The van der Waals surface area contributed by atoms with E-state index in [2.05, 4.69) is 31.4 Å². The molecule has 0 aliphatic heterocycles. The van der Waals surface area contributed by atoms with Gasteiger partial charge in [-0.1, -0.05) is 33.8 Å². The Morgan fingerprint density at radius 3 is 2.50 bits per heavy atom. The Kier molecular flexibility index (Phi) is 7.27. The lowest BCUT2D eigenvalue weighted by Crippen LogP contribution is -2.23. The largest absolute Gasteiger partial charge is 0.325 e. The summed E-state index contributed by atoms with van der Waals surface area (Å²) < 4.78 is 16.2. The van der Waals surface area contributed by atoms with E-state index in [4.69, 9.17) is 0 Å². The minimum atomic E-state index is -0.421. The summed E-state index contributed by atoms with van der Waals surface area (Å²) in [5.41, 5.74) is 1.45. The van der Waals surface area contributed by atoms with Crippen molar-refractivity contribution in [2.45, 2.75) is 30.3 Å². The molecule has 1 N–H and O–H groups in total. The Hall–Kier alpha value is -2.23. The number of amides is 1. The number of benzene rings is 2. The predicted octanol–water partition coefficient (Wildman–Crippen LogP) is 4.91. The summed E-state index contributed by atoms with van der Waals surface area (Å²) >= 11 is 4.71. The molecule has 6 nitrogen and oxygen atoms in total. The van der Waals surface area contributed by atoms with Crippen LogP contribution in [0.3, 0.4) is 0 Å². The molecule has 0 saturated heterocycles. The van der Waals surface area contributed by atoms with Crippen LogP contribution >= 0.6 is 27.7 Å². The van der Waals surface area contributed by atoms with Crippen LogP contribution in [0.1, 0.15) is 25.7 Å². The van der Waals surface area contributed by atoms with Crippen LogP contribution in [0.25, 0.3) is 5.69 Å². The maximum atomic E-state index is 13.5. The molecule has 0 saturated carbocycles. The molecule has 2 atom stereocenters. The topological polar surface area (TPSA) is 63.1 Å². The second kappa shape index (κ2) is 9.72. The SMILES string of the molecule is C[C@H](c1nnc(S[C@H](C)C(=O)Nc2cccc(Br)c2)n1-c1ccc(F)cc1)N(C)C. The van der Waals surface area contributed by atoms with Crippen LogP contribution in [0.2, 0.25) is 0 Å². The molecule has 3 aromatic rings. The summed E-state index contributed by atoms with van der Waals surface area (Å²) in [5, 5.41) is 11.8. The average Bonchev–Trinajstić information content (AvgIpc) is 3.11. The fourth-order valence-corrected chi connectivity index (χ4v) is 3.99. The first-order valence-electron chi connectivity index (χ1n) is 9.37. The third-order valence-electron chi connectivity index (χ3n) is 4.64. The first kappa shape index (κ1) is 22.5. The molecule has 9 heteroatoms. The monoisotopic (exact) mass is 491 g/mol. The van der Waals surface area contributed by atoms with Gasteiger partial charge in [-0.2, -0.15) is 0 Å². The molecule has 2 aromatic carbocycles. The molecule has 0 radical (unpaired) electrons. The van der Waals surface area contributed by atoms with Gasteiger partial charge in [0.15, 0.2) is 11.0 Å². The minimum absolute atomic E-state index is 0.0253. The first-order valence-corrected chi connectivity index (χ1v) is 11.0. The van der Waals surface area contributed by atoms with E-state index < -0.39 is 5.25 Å². The van der Waals surface area contributed by atoms with Crippen LogP contribution in [0.15, 0.2) is 58.2 Å². The van der Waals surface area contributed by atoms with Crippen LogP contribution in [0.4, 0.5) is 10.1 Å². The van der Waals surface area contributed by atoms with E-state index in [1.165, 1.54) is 23.9 Å². The molecule has 0 bridgehead atoms. The van der Waals surface area contributed by atoms with Crippen molar-refractivity contribution in [3.05, 3.63) is 64.6 Å². The summed E-state index contributed by atoms with van der Waals surface area (Å²) in [6.45, 7) is 3.83. The van der Waals surface area contributed by atoms with Crippen molar-refractivity contribution in [3.63, 3.8) is 0 Å². The van der Waals surface area contributed by atoms with Crippen LogP contribution < -0.4 is 5.32 Å². The van der Waals surface area contributed by atoms with Gasteiger partial charge in [-0.3, -0.25) is 14.3 Å². The zero-order chi connectivity index (χ0) is 21.8. The smallest absolute Gasteiger partial charge is 0.237 e. The summed E-state index contributed by atoms with van der Waals surface area (Å²) in [6.07, 6.45) is 0. The maximum Gasteiger partial charge on any atom is 0.237 e. The summed E-state index contributed by atoms with van der Waals surface area (Å²) in [4.78, 5) is 14.7. The van der Waals surface area contributed by atoms with Crippen LogP contribution in [-0.4, -0.2) is 44.9 Å². The third kappa shape index (κ3) is 5.27. The van der Waals surface area contributed by atoms with Gasteiger partial charge in [-0.05, 0) is 70.4 Å². The number of rotatable bonds is 7. The zero-order valence-corrected chi connectivity index (χ0v) is 19.5. The molecule has 30 heavy (non-hydrogen) atoms. The first-order chi connectivity index (χ1) is 14.3. The Labute approximate surface area is 188 Å². The minimum Gasteiger partial charge on any atom is -0.325 e. The van der Waals surface area contributed by atoms with Crippen molar-refractivity contribution in [1.29, 1.82) is 0 Å². The Bertz CT molecular complexity index is 1020. The quantitative estimate of drug-likeness (QED) is 0.475. The zero-order valence-electron chi connectivity index (χ0n) is 17.1. The number of carbonyl (C=O) groups excluding carboxylic acids is 1. The van der Waals surface area contributed by atoms with E-state index in [-0.39, 0.29) is 17.8 Å². The van der Waals surface area contributed by atoms with Crippen molar-refractivity contribution < 1.29 is 9.18 Å². The number of nitrogens with one attached hydrogen (secondary N) is 1. The van der Waals surface area contributed by atoms with Crippen molar-refractivity contribution >= 4 is 39.3 Å². The molecular formula is C21H23BrFN5OS. The summed E-state index contributed by atoms with van der Waals surface area (Å²) in [7, 11) is 3.91. The Morgan fingerprint density at radius 2 is 1.87 bits per heavy atom. The fraction of sp³-hybridized carbons (Fsp3) is 0.286. The highest BCUT2D eigenvalue weighted by atomic mass is 79.9. The number of anilines is 1. The number of hydrogen-bond donors (Lipinski definition) is 1. The van der Waals surface area contributed by atoms with Gasteiger partial charge in [0.1, 0.15) is 5.82 Å². The molecule has 0 unspecified atom stereocenters. The second-order valence-corrected chi connectivity index (χ2v) is 9.28. The summed E-state index contributed by atoms with van der Waals surface area (Å²) in [6, 6.07) is 13.6. The van der Waals surface area contributed by atoms with Gasteiger partial charge in [-0.15, -0.1) is 10.2 Å². The van der Waals surface area contributed by atoms with E-state index >= 15 is 0 Å². The number of carbonyl (C=O) groups is 1. The van der Waals surface area contributed by atoms with E-state index in [1.807, 2.05) is 61.7 Å². The molecule has 1 aromatic heterocycles. The lowest BCUT2D eigenvalue weighted by molar-refractivity contribution is -0.115. The van der Waals surface area contributed by atoms with Crippen molar-refractivity contribution in [2.24, 2.45) is 0 Å². The van der Waals surface area contributed by atoms with Crippen molar-refractivity contribution in [1.82, 2.24) is 19.7 Å². The van der Waals surface area contributed by atoms with E-state index in [1.54, 1.807) is 12.1 Å². The molecule has 1 amide bonds. The highest BCUT2D eigenvalue weighted by molar-refractivity contribution is 9.10. The number of hydrogen-bond acceptors (Lipinski definition) is 5. The molecule has 0 aliphatic carbocycles. The van der Waals surface area contributed by atoms with Gasteiger partial charge >= 0.3 is 0 Å². The maximum absolute atomic E-state index is 13.5. The number of thioether (sulfide) groups is 1. The molecule has 158 valence electrons. The van der Waals surface area contributed by atoms with Crippen molar-refractivity contribution in [2.75, 3.05) is 19.4 Å². The van der Waals surface area contributed by atoms with Gasteiger partial charge in [-0.25, -0.2) is 4.39 Å². The number of aromatic nitrogens is 3. The van der Waals surface area contributed by atoms with Crippen molar-refractivity contribution in [3.8, 4) is 5.69 Å². The second-order valence-electron chi connectivity index (χ2n) is 7.05. The van der Waals surface area contributed by atoms with E-state index in [0.717, 1.165) is 10.2 Å². The molecule has 0 aliphatic rings. The average molecular weight is 492 g/mol. The van der Waals surface area contributed by atoms with Gasteiger partial charge < -0.3 is 5.32 Å². The standard InChI is InChI=1S/C21H23BrFN5OS/c1-13(27(3)4)19-25-26-21(28(19)18-10-8-16(23)9-11-18)30-14(2)20(29)24-17-7-5-6-15(22)12-17/h5-14H,1-4H3,(H,24,29)/t13-,14-/m1/s1. The molecular weight excluding hydrogens is 469 g/mol. The molecule has 0 spiro atoms. The van der Waals surface area contributed by atoms with E-state index in [0.29, 0.717) is 16.7 Å².